The van der Waals surface area contributed by atoms with Gasteiger partial charge in [-0.3, -0.25) is 0 Å². The van der Waals surface area contributed by atoms with E-state index in [9.17, 15) is 8.78 Å². The molecule has 2 rings (SSSR count). The monoisotopic (exact) mass is 300 g/mol. The fraction of sp³-hybridized carbons (Fsp3) is 0.263. The average Bonchev–Trinajstić information content (AvgIpc) is 2.55. The van der Waals surface area contributed by atoms with Crippen LogP contribution in [-0.4, -0.2) is 7.11 Å². The number of hydrogen-bond donors (Lipinski definition) is 0. The lowest BCUT2D eigenvalue weighted by Gasteiger charge is -2.04. The number of halogens is 2. The van der Waals surface area contributed by atoms with Crippen LogP contribution in [0.5, 0.6) is 5.75 Å². The molecule has 0 bridgehead atoms. The molecule has 0 aromatic heterocycles. The van der Waals surface area contributed by atoms with E-state index in [0.717, 1.165) is 30.9 Å². The minimum absolute atomic E-state index is 0.160. The normalized spacial score (nSPS) is 10.0. The van der Waals surface area contributed by atoms with Crippen molar-refractivity contribution in [1.29, 1.82) is 0 Å². The second-order valence-corrected chi connectivity index (χ2v) is 4.99. The molecule has 114 valence electrons. The molecule has 22 heavy (non-hydrogen) atoms. The Balaban J connectivity index is 2.22. The predicted octanol–water partition coefficient (Wildman–Crippen LogP) is 4.72. The Morgan fingerprint density at radius 3 is 2.36 bits per heavy atom. The summed E-state index contributed by atoms with van der Waals surface area (Å²) in [4.78, 5) is 0. The van der Waals surface area contributed by atoms with Crippen LogP contribution in [-0.2, 0) is 6.42 Å². The molecule has 0 aliphatic heterocycles. The summed E-state index contributed by atoms with van der Waals surface area (Å²) in [5.74, 6) is 3.66. The summed E-state index contributed by atoms with van der Waals surface area (Å²) in [6.07, 6.45) is 3.38. The zero-order chi connectivity index (χ0) is 15.9. The smallest absolute Gasteiger partial charge is 0.201 e. The van der Waals surface area contributed by atoms with E-state index in [1.807, 2.05) is 24.3 Å². The maximum Gasteiger partial charge on any atom is 0.201 e. The molecule has 0 atom stereocenters. The lowest BCUT2D eigenvalue weighted by atomic mass is 10.1. The number of hydrogen-bond acceptors (Lipinski definition) is 1. The molecule has 0 heterocycles. The number of rotatable bonds is 4. The Morgan fingerprint density at radius 2 is 1.73 bits per heavy atom. The SMILES string of the molecule is CCCCc1ccc(C#Cc2ccc(F)c(F)c2OC)cc1. The maximum atomic E-state index is 13.6. The highest BCUT2D eigenvalue weighted by Crippen LogP contribution is 2.24. The lowest BCUT2D eigenvalue weighted by Crippen LogP contribution is -1.95. The van der Waals surface area contributed by atoms with E-state index < -0.39 is 11.6 Å². The van der Waals surface area contributed by atoms with E-state index in [1.165, 1.54) is 18.7 Å². The minimum atomic E-state index is -1.01. The van der Waals surface area contributed by atoms with Crippen molar-refractivity contribution in [3.63, 3.8) is 0 Å². The van der Waals surface area contributed by atoms with Crippen LogP contribution in [0.25, 0.3) is 0 Å². The molecule has 0 N–H and O–H groups in total. The van der Waals surface area contributed by atoms with Gasteiger partial charge in [0, 0.05) is 5.56 Å². The maximum absolute atomic E-state index is 13.6. The summed E-state index contributed by atoms with van der Waals surface area (Å²) in [6.45, 7) is 2.16. The van der Waals surface area contributed by atoms with Gasteiger partial charge in [0.25, 0.3) is 0 Å². The summed E-state index contributed by atoms with van der Waals surface area (Å²) >= 11 is 0. The molecule has 0 unspecified atom stereocenters. The van der Waals surface area contributed by atoms with Crippen LogP contribution in [0.2, 0.25) is 0 Å². The van der Waals surface area contributed by atoms with Crippen molar-refractivity contribution in [2.45, 2.75) is 26.2 Å². The van der Waals surface area contributed by atoms with Crippen molar-refractivity contribution in [2.75, 3.05) is 7.11 Å². The number of aryl methyl sites for hydroxylation is 1. The Morgan fingerprint density at radius 1 is 1.00 bits per heavy atom. The van der Waals surface area contributed by atoms with Crippen LogP contribution in [0.4, 0.5) is 8.78 Å². The van der Waals surface area contributed by atoms with Gasteiger partial charge in [-0.25, -0.2) is 4.39 Å². The molecule has 0 amide bonds. The molecular formula is C19H18F2O. The van der Waals surface area contributed by atoms with Gasteiger partial charge in [0.05, 0.1) is 12.7 Å². The van der Waals surface area contributed by atoms with Gasteiger partial charge in [-0.2, -0.15) is 4.39 Å². The van der Waals surface area contributed by atoms with Crippen molar-refractivity contribution in [2.24, 2.45) is 0 Å². The van der Waals surface area contributed by atoms with Crippen molar-refractivity contribution >= 4 is 0 Å². The van der Waals surface area contributed by atoms with E-state index in [2.05, 4.69) is 18.8 Å². The molecule has 2 aromatic rings. The quantitative estimate of drug-likeness (QED) is 0.743. The summed E-state index contributed by atoms with van der Waals surface area (Å²) in [5, 5.41) is 0. The Kier molecular flexibility index (Phi) is 5.55. The first kappa shape index (κ1) is 16.0. The van der Waals surface area contributed by atoms with Crippen molar-refractivity contribution in [1.82, 2.24) is 0 Å². The second-order valence-electron chi connectivity index (χ2n) is 4.99. The highest BCUT2D eigenvalue weighted by Gasteiger charge is 2.12. The predicted molar refractivity (Wildman–Crippen MR) is 83.9 cm³/mol. The lowest BCUT2D eigenvalue weighted by molar-refractivity contribution is 0.370. The van der Waals surface area contributed by atoms with Crippen LogP contribution >= 0.6 is 0 Å². The van der Waals surface area contributed by atoms with Crippen molar-refractivity contribution in [3.8, 4) is 17.6 Å². The summed E-state index contributed by atoms with van der Waals surface area (Å²) in [5.41, 5.74) is 2.43. The third kappa shape index (κ3) is 3.85. The van der Waals surface area contributed by atoms with Gasteiger partial charge in [0.2, 0.25) is 5.82 Å². The molecule has 0 saturated heterocycles. The molecule has 0 aliphatic carbocycles. The van der Waals surface area contributed by atoms with E-state index in [0.29, 0.717) is 5.56 Å². The van der Waals surface area contributed by atoms with Gasteiger partial charge in [0.15, 0.2) is 11.6 Å². The fourth-order valence-corrected chi connectivity index (χ4v) is 2.11. The van der Waals surface area contributed by atoms with Gasteiger partial charge < -0.3 is 4.74 Å². The van der Waals surface area contributed by atoms with Crippen LogP contribution in [0.3, 0.4) is 0 Å². The number of ether oxygens (including phenoxy) is 1. The fourth-order valence-electron chi connectivity index (χ4n) is 2.11. The van der Waals surface area contributed by atoms with Crippen LogP contribution in [0.15, 0.2) is 36.4 Å². The number of methoxy groups -OCH3 is 1. The van der Waals surface area contributed by atoms with Crippen LogP contribution < -0.4 is 4.74 Å². The Bertz CT molecular complexity index is 694. The number of benzene rings is 2. The molecule has 0 saturated carbocycles. The largest absolute Gasteiger partial charge is 0.492 e. The standard InChI is InChI=1S/C19H18F2O/c1-3-4-5-14-6-8-15(9-7-14)10-11-16-12-13-17(20)18(21)19(16)22-2/h6-9,12-13H,3-5H2,1-2H3. The highest BCUT2D eigenvalue weighted by molar-refractivity contribution is 5.50. The van der Waals surface area contributed by atoms with Crippen LogP contribution in [0, 0.1) is 23.5 Å². The zero-order valence-corrected chi connectivity index (χ0v) is 12.7. The molecule has 2 aromatic carbocycles. The molecule has 1 nitrogen and oxygen atoms in total. The summed E-state index contributed by atoms with van der Waals surface area (Å²) in [7, 11) is 1.30. The molecular weight excluding hydrogens is 282 g/mol. The van der Waals surface area contributed by atoms with E-state index in [1.54, 1.807) is 0 Å². The topological polar surface area (TPSA) is 9.23 Å². The average molecular weight is 300 g/mol. The molecule has 0 aliphatic rings. The second kappa shape index (κ2) is 7.61. The van der Waals surface area contributed by atoms with Gasteiger partial charge in [-0.15, -0.1) is 0 Å². The first-order chi connectivity index (χ1) is 10.7. The van der Waals surface area contributed by atoms with Crippen LogP contribution in [0.1, 0.15) is 36.5 Å². The summed E-state index contributed by atoms with van der Waals surface area (Å²) < 4.78 is 31.6. The van der Waals surface area contributed by atoms with E-state index in [-0.39, 0.29) is 5.75 Å². The van der Waals surface area contributed by atoms with E-state index >= 15 is 0 Å². The molecule has 0 radical (unpaired) electrons. The Hall–Kier alpha value is -2.34. The third-order valence-electron chi connectivity index (χ3n) is 3.37. The zero-order valence-electron chi connectivity index (χ0n) is 12.7. The third-order valence-corrected chi connectivity index (χ3v) is 3.37. The first-order valence-corrected chi connectivity index (χ1v) is 7.28. The van der Waals surface area contributed by atoms with Crippen molar-refractivity contribution in [3.05, 3.63) is 64.7 Å². The molecule has 0 fully saturated rings. The van der Waals surface area contributed by atoms with Crippen molar-refractivity contribution < 1.29 is 13.5 Å². The van der Waals surface area contributed by atoms with Gasteiger partial charge >= 0.3 is 0 Å². The molecule has 3 heteroatoms. The number of unbranched alkanes of at least 4 members (excludes halogenated alkanes) is 1. The van der Waals surface area contributed by atoms with Gasteiger partial charge in [-0.05, 0) is 42.7 Å². The van der Waals surface area contributed by atoms with Gasteiger partial charge in [-0.1, -0.05) is 37.3 Å². The molecule has 0 spiro atoms. The first-order valence-electron chi connectivity index (χ1n) is 7.28. The highest BCUT2D eigenvalue weighted by atomic mass is 19.2. The van der Waals surface area contributed by atoms with E-state index in [4.69, 9.17) is 4.74 Å². The Labute approximate surface area is 129 Å². The minimum Gasteiger partial charge on any atom is -0.492 e. The van der Waals surface area contributed by atoms with Gasteiger partial charge in [0.1, 0.15) is 0 Å². The summed E-state index contributed by atoms with van der Waals surface area (Å²) in [6, 6.07) is 10.4.